The second-order valence-corrected chi connectivity index (χ2v) is 4.77. The Morgan fingerprint density at radius 1 is 1.41 bits per heavy atom. The lowest BCUT2D eigenvalue weighted by Gasteiger charge is -2.14. The molecule has 0 heterocycles. The Balaban J connectivity index is 2.66. The van der Waals surface area contributed by atoms with E-state index < -0.39 is 22.2 Å². The van der Waals surface area contributed by atoms with Crippen molar-refractivity contribution in [3.8, 4) is 0 Å². The van der Waals surface area contributed by atoms with Crippen molar-refractivity contribution in [1.82, 2.24) is 4.90 Å². The van der Waals surface area contributed by atoms with Crippen molar-refractivity contribution < 1.29 is 17.9 Å². The molecule has 1 aliphatic rings. The largest absolute Gasteiger partial charge is 0.464 e. The van der Waals surface area contributed by atoms with E-state index in [-0.39, 0.29) is 11.5 Å². The molecule has 0 radical (unpaired) electrons. The molecule has 5 nitrogen and oxygen atoms in total. The zero-order valence-electron chi connectivity index (χ0n) is 9.79. The van der Waals surface area contributed by atoms with Gasteiger partial charge >= 0.3 is 5.97 Å². The van der Waals surface area contributed by atoms with Crippen LogP contribution in [0.25, 0.3) is 0 Å². The maximum atomic E-state index is 11.7. The van der Waals surface area contributed by atoms with E-state index in [0.29, 0.717) is 6.54 Å². The molecule has 17 heavy (non-hydrogen) atoms. The summed E-state index contributed by atoms with van der Waals surface area (Å²) >= 11 is 0. The summed E-state index contributed by atoms with van der Waals surface area (Å²) in [6, 6.07) is 0. The van der Waals surface area contributed by atoms with Gasteiger partial charge in [-0.15, -0.1) is 0 Å². The molecule has 1 aliphatic carbocycles. The van der Waals surface area contributed by atoms with Gasteiger partial charge in [0.25, 0.3) is 0 Å². The van der Waals surface area contributed by atoms with Gasteiger partial charge in [-0.2, -0.15) is 8.42 Å². The number of rotatable bonds is 4. The predicted octanol–water partition coefficient (Wildman–Crippen LogP) is -0.115. The molecule has 0 aromatic carbocycles. The maximum absolute atomic E-state index is 11.7. The highest BCUT2D eigenvalue weighted by Gasteiger charge is 2.24. The minimum atomic E-state index is -2.40. The first kappa shape index (κ1) is 13.7. The van der Waals surface area contributed by atoms with E-state index in [1.54, 1.807) is 12.2 Å². The molecule has 0 aliphatic heterocycles. The number of carbonyl (C=O) groups is 1. The third-order valence-corrected chi connectivity index (χ3v) is 2.99. The van der Waals surface area contributed by atoms with Gasteiger partial charge in [-0.25, -0.2) is 0 Å². The number of likely N-dealkylation sites (N-methyl/N-ethyl adjacent to an activating group) is 1. The van der Waals surface area contributed by atoms with E-state index in [1.165, 1.54) is 12.2 Å². The van der Waals surface area contributed by atoms with E-state index in [9.17, 15) is 13.2 Å². The number of hydrogen-bond acceptors (Lipinski definition) is 5. The van der Waals surface area contributed by atoms with Gasteiger partial charge in [0, 0.05) is 6.54 Å². The summed E-state index contributed by atoms with van der Waals surface area (Å²) in [7, 11) is 1.33. The molecule has 1 atom stereocenters. The highest BCUT2D eigenvalue weighted by Crippen LogP contribution is 2.10. The number of hydrogen-bond donors (Lipinski definition) is 0. The standard InChI is InChI=1S/C11H15NO4S/c1-12(2)7-8-16-11(13)9-5-3-4-6-10(9)17(14)15/h3-6,9H,7-8H2,1-2H3. The summed E-state index contributed by atoms with van der Waals surface area (Å²) in [6.45, 7) is 0.854. The minimum Gasteiger partial charge on any atom is -0.464 e. The number of carbonyl (C=O) groups excluding carboxylic acids is 1. The normalized spacial score (nSPS) is 18.5. The van der Waals surface area contributed by atoms with Crippen LogP contribution in [0.4, 0.5) is 0 Å². The lowest BCUT2D eigenvalue weighted by atomic mass is 10.0. The fourth-order valence-electron chi connectivity index (χ4n) is 1.30. The zero-order valence-corrected chi connectivity index (χ0v) is 10.6. The van der Waals surface area contributed by atoms with E-state index in [0.717, 1.165) is 0 Å². The quantitative estimate of drug-likeness (QED) is 0.519. The van der Waals surface area contributed by atoms with Crippen LogP contribution in [0.5, 0.6) is 0 Å². The molecule has 0 N–H and O–H groups in total. The van der Waals surface area contributed by atoms with Gasteiger partial charge in [0.05, 0.1) is 4.86 Å². The van der Waals surface area contributed by atoms with E-state index in [4.69, 9.17) is 4.74 Å². The predicted molar refractivity (Wildman–Crippen MR) is 65.2 cm³/mol. The molecular formula is C11H15NO4S. The van der Waals surface area contributed by atoms with Crippen molar-refractivity contribution in [3.05, 3.63) is 24.3 Å². The first-order valence-corrected chi connectivity index (χ1v) is 6.22. The number of esters is 1. The van der Waals surface area contributed by atoms with Gasteiger partial charge in [-0.3, -0.25) is 4.79 Å². The van der Waals surface area contributed by atoms with Crippen molar-refractivity contribution >= 4 is 21.1 Å². The van der Waals surface area contributed by atoms with Crippen molar-refractivity contribution in [2.45, 2.75) is 0 Å². The highest BCUT2D eigenvalue weighted by atomic mass is 32.2. The van der Waals surface area contributed by atoms with Crippen molar-refractivity contribution in [1.29, 1.82) is 0 Å². The second-order valence-electron chi connectivity index (χ2n) is 3.83. The van der Waals surface area contributed by atoms with Crippen LogP contribution in [0.1, 0.15) is 0 Å². The number of allylic oxidation sites excluding steroid dienone is 3. The van der Waals surface area contributed by atoms with Crippen LogP contribution < -0.4 is 0 Å². The van der Waals surface area contributed by atoms with Crippen LogP contribution in [0.15, 0.2) is 24.3 Å². The molecule has 0 spiro atoms. The second kappa shape index (κ2) is 6.36. The van der Waals surface area contributed by atoms with Crippen LogP contribution in [0.3, 0.4) is 0 Å². The van der Waals surface area contributed by atoms with Gasteiger partial charge in [0.2, 0.25) is 10.3 Å². The lowest BCUT2D eigenvalue weighted by Crippen LogP contribution is -2.28. The molecule has 0 bridgehead atoms. The van der Waals surface area contributed by atoms with Crippen LogP contribution in [0, 0.1) is 5.92 Å². The Morgan fingerprint density at radius 3 is 2.71 bits per heavy atom. The summed E-state index contributed by atoms with van der Waals surface area (Å²) in [6.07, 6.45) is 6.13. The van der Waals surface area contributed by atoms with Crippen LogP contribution in [-0.2, 0) is 19.8 Å². The average Bonchev–Trinajstić information content (AvgIpc) is 2.28. The first-order chi connectivity index (χ1) is 8.02. The Hall–Kier alpha value is -1.40. The molecule has 6 heteroatoms. The van der Waals surface area contributed by atoms with Gasteiger partial charge in [-0.05, 0) is 20.2 Å². The topological polar surface area (TPSA) is 63.7 Å². The van der Waals surface area contributed by atoms with Crippen molar-refractivity contribution in [3.63, 3.8) is 0 Å². The van der Waals surface area contributed by atoms with Gasteiger partial charge in [0.15, 0.2) is 0 Å². The van der Waals surface area contributed by atoms with E-state index >= 15 is 0 Å². The Labute approximate surface area is 102 Å². The van der Waals surface area contributed by atoms with Crippen molar-refractivity contribution in [2.24, 2.45) is 5.92 Å². The first-order valence-electron chi connectivity index (χ1n) is 5.14. The lowest BCUT2D eigenvalue weighted by molar-refractivity contribution is -0.144. The molecule has 0 fully saturated rings. The summed E-state index contributed by atoms with van der Waals surface area (Å²) in [5, 5.41) is 0. The Morgan fingerprint density at radius 2 is 2.12 bits per heavy atom. The summed E-state index contributed by atoms with van der Waals surface area (Å²) in [5.41, 5.74) is 0. The third kappa shape index (κ3) is 4.16. The van der Waals surface area contributed by atoms with E-state index in [2.05, 4.69) is 0 Å². The molecule has 0 saturated heterocycles. The monoisotopic (exact) mass is 257 g/mol. The summed E-state index contributed by atoms with van der Waals surface area (Å²) < 4.78 is 26.8. The van der Waals surface area contributed by atoms with Gasteiger partial charge < -0.3 is 9.64 Å². The maximum Gasteiger partial charge on any atom is 0.318 e. The fourth-order valence-corrected chi connectivity index (χ4v) is 1.87. The molecule has 0 saturated carbocycles. The average molecular weight is 257 g/mol. The molecule has 1 unspecified atom stereocenters. The Bertz CT molecular complexity index is 466. The summed E-state index contributed by atoms with van der Waals surface area (Å²) in [5.74, 6) is -1.35. The number of nitrogens with zero attached hydrogens (tertiary/aromatic N) is 1. The SMILES string of the molecule is CN(C)CCOC(=O)C1C=CC=CC1=S(=O)=O. The molecule has 0 aromatic rings. The Kier molecular flexibility index (Phi) is 5.11. The van der Waals surface area contributed by atoms with Crippen molar-refractivity contribution in [2.75, 3.05) is 27.2 Å². The van der Waals surface area contributed by atoms with E-state index in [1.807, 2.05) is 19.0 Å². The van der Waals surface area contributed by atoms with Gasteiger partial charge in [0.1, 0.15) is 12.5 Å². The third-order valence-electron chi connectivity index (χ3n) is 2.21. The smallest absolute Gasteiger partial charge is 0.318 e. The molecule has 0 aromatic heterocycles. The summed E-state index contributed by atoms with van der Waals surface area (Å²) in [4.78, 5) is 13.6. The van der Waals surface area contributed by atoms with Crippen LogP contribution in [0.2, 0.25) is 0 Å². The molecular weight excluding hydrogens is 242 g/mol. The van der Waals surface area contributed by atoms with Gasteiger partial charge in [-0.1, -0.05) is 18.2 Å². The molecule has 1 rings (SSSR count). The zero-order chi connectivity index (χ0) is 12.8. The van der Waals surface area contributed by atoms with Crippen LogP contribution >= 0.6 is 0 Å². The minimum absolute atomic E-state index is 0.0438. The molecule has 0 amide bonds. The fraction of sp³-hybridized carbons (Fsp3) is 0.455. The van der Waals surface area contributed by atoms with Crippen LogP contribution in [-0.4, -0.2) is 51.4 Å². The molecule has 94 valence electrons. The number of ether oxygens (including phenoxy) is 1. The highest BCUT2D eigenvalue weighted by molar-refractivity contribution is 7.73.